The number of hydrogen-bond donors (Lipinski definition) is 0. The van der Waals surface area contributed by atoms with E-state index in [0.717, 1.165) is 77.0 Å². The van der Waals surface area contributed by atoms with E-state index in [-0.39, 0.29) is 91.1 Å². The number of piperidine rings is 2. The Morgan fingerprint density at radius 1 is 0.422 bits per heavy atom. The van der Waals surface area contributed by atoms with E-state index in [0.29, 0.717) is 47.9 Å². The fourth-order valence-electron chi connectivity index (χ4n) is 10.7. The number of carbonyl (C=O) groups is 4. The molecule has 0 spiro atoms. The second kappa shape index (κ2) is 30.3. The second-order valence-corrected chi connectivity index (χ2v) is 21.0. The number of nitrogens with zero attached hydrogens (tertiary/aromatic N) is 2. The number of ether oxygens (including phenoxy) is 4. The zero-order chi connectivity index (χ0) is 59.8. The van der Waals surface area contributed by atoms with Crippen LogP contribution in [0.1, 0.15) is 148 Å². The van der Waals surface area contributed by atoms with Gasteiger partial charge in [0.25, 0.3) is 0 Å². The number of alkyl halides is 12. The van der Waals surface area contributed by atoms with Crippen molar-refractivity contribution in [3.05, 3.63) is 142 Å². The van der Waals surface area contributed by atoms with Gasteiger partial charge < -0.3 is 18.9 Å². The third-order valence-electron chi connectivity index (χ3n) is 15.1. The Hall–Kier alpha value is -5.11. The molecule has 0 unspecified atom stereocenters. The third kappa shape index (κ3) is 18.0. The van der Waals surface area contributed by atoms with E-state index in [4.69, 9.17) is 18.9 Å². The van der Waals surface area contributed by atoms with E-state index >= 15 is 0 Å². The number of esters is 4. The molecule has 10 nitrogen and oxygen atoms in total. The summed E-state index contributed by atoms with van der Waals surface area (Å²) in [6.45, 7) is 8.30. The molecule has 83 heavy (non-hydrogen) atoms. The molecule has 25 heteroatoms. The fourth-order valence-corrected chi connectivity index (χ4v) is 10.7. The van der Waals surface area contributed by atoms with Gasteiger partial charge in [0.2, 0.25) is 0 Å². The van der Waals surface area contributed by atoms with Crippen LogP contribution in [-0.2, 0) is 62.8 Å². The smallest absolute Gasteiger partial charge is 0.416 e. The van der Waals surface area contributed by atoms with Crippen molar-refractivity contribution in [2.24, 2.45) is 22.7 Å². The summed E-state index contributed by atoms with van der Waals surface area (Å²) in [7, 11) is 4.56. The van der Waals surface area contributed by atoms with E-state index in [2.05, 4.69) is 0 Å². The normalized spacial score (nSPS) is 18.1. The molecule has 0 saturated carbocycles. The van der Waals surface area contributed by atoms with Gasteiger partial charge in [-0.15, -0.1) is 0 Å². The lowest BCUT2D eigenvalue weighted by molar-refractivity contribution is -0.177. The first-order chi connectivity index (χ1) is 37.3. The summed E-state index contributed by atoms with van der Waals surface area (Å²) in [5.74, 6) is -2.74. The molecule has 6 rings (SSSR count). The molecule has 0 N–H and O–H groups in total. The Bertz CT molecular complexity index is 2490. The molecule has 0 amide bonds. The lowest BCUT2D eigenvalue weighted by atomic mass is 9.72. The molecule has 2 aliphatic heterocycles. The van der Waals surface area contributed by atoms with Gasteiger partial charge in [0.05, 0.1) is 50.7 Å². The summed E-state index contributed by atoms with van der Waals surface area (Å²) >= 11 is 0. The van der Waals surface area contributed by atoms with Crippen molar-refractivity contribution in [3.8, 4) is 0 Å². The van der Waals surface area contributed by atoms with Crippen LogP contribution in [0.2, 0.25) is 0 Å². The van der Waals surface area contributed by atoms with Crippen LogP contribution < -0.4 is 0 Å². The second-order valence-electron chi connectivity index (χ2n) is 21.0. The molecular formula is C58H72F12N2O8S3. The summed E-state index contributed by atoms with van der Waals surface area (Å²) in [5, 5.41) is 0. The van der Waals surface area contributed by atoms with Crippen molar-refractivity contribution in [2.75, 3.05) is 41.5 Å². The van der Waals surface area contributed by atoms with Crippen LogP contribution in [0.15, 0.2) is 97.1 Å². The largest absolute Gasteiger partial charge is 0.468 e. The Balaban J connectivity index is 0.000000547. The van der Waals surface area contributed by atoms with Gasteiger partial charge in [-0.1, -0.05) is 76.2 Å². The number of likely N-dealkylation sites (tertiary alicyclic amines) is 2. The highest BCUT2D eigenvalue weighted by atomic mass is 32.1. The van der Waals surface area contributed by atoms with Crippen LogP contribution in [0.4, 0.5) is 52.7 Å². The summed E-state index contributed by atoms with van der Waals surface area (Å²) in [5.41, 5.74) is -4.68. The molecule has 4 aromatic carbocycles. The molecule has 2 heterocycles. The molecule has 4 atom stereocenters. The Morgan fingerprint density at radius 2 is 0.651 bits per heavy atom. The molecule has 0 radical (unpaired) electrons. The van der Waals surface area contributed by atoms with Crippen LogP contribution in [-0.4, -0.2) is 75.2 Å². The van der Waals surface area contributed by atoms with Crippen molar-refractivity contribution in [1.82, 2.24) is 9.80 Å². The van der Waals surface area contributed by atoms with Crippen molar-refractivity contribution >= 4 is 64.4 Å². The van der Waals surface area contributed by atoms with Crippen molar-refractivity contribution in [1.29, 1.82) is 0 Å². The average Bonchev–Trinajstić information content (AvgIpc) is 3.41. The first-order valence-electron chi connectivity index (χ1n) is 25.8. The number of rotatable bonds is 16. The lowest BCUT2D eigenvalue weighted by Crippen LogP contribution is -2.52. The molecule has 0 aliphatic carbocycles. The van der Waals surface area contributed by atoms with E-state index in [1.165, 1.54) is 48.5 Å². The van der Waals surface area contributed by atoms with E-state index in [1.54, 1.807) is 0 Å². The minimum atomic E-state index is -4.56. The molecule has 2 aliphatic rings. The first kappa shape index (κ1) is 74.0. The van der Waals surface area contributed by atoms with E-state index in [9.17, 15) is 71.9 Å². The van der Waals surface area contributed by atoms with E-state index < -0.39 is 106 Å². The minimum Gasteiger partial charge on any atom is -0.468 e. The van der Waals surface area contributed by atoms with Gasteiger partial charge in [-0.2, -0.15) is 93.2 Å². The topological polar surface area (TPSA) is 112 Å². The number of carbonyl (C=O) groups excluding carboxylic acids is 4. The van der Waals surface area contributed by atoms with Crippen LogP contribution >= 0.6 is 40.5 Å². The van der Waals surface area contributed by atoms with Crippen LogP contribution in [0.5, 0.6) is 0 Å². The molecule has 2 saturated heterocycles. The summed E-state index contributed by atoms with van der Waals surface area (Å²) in [6.07, 6.45) is -16.0. The predicted octanol–water partition coefficient (Wildman–Crippen LogP) is 15.1. The highest BCUT2D eigenvalue weighted by Gasteiger charge is 2.56. The van der Waals surface area contributed by atoms with Crippen LogP contribution in [0, 0.1) is 22.7 Å². The Labute approximate surface area is 496 Å². The zero-order valence-corrected chi connectivity index (χ0v) is 50.0. The van der Waals surface area contributed by atoms with Gasteiger partial charge in [0.15, 0.2) is 10.8 Å². The Kier molecular flexibility index (Phi) is 27.0. The maximum atomic E-state index is 13.3. The van der Waals surface area contributed by atoms with Gasteiger partial charge in [0, 0.05) is 37.3 Å². The molecule has 464 valence electrons. The third-order valence-corrected chi connectivity index (χ3v) is 15.1. The maximum absolute atomic E-state index is 13.3. The average molecular weight is 1250 g/mol. The summed E-state index contributed by atoms with van der Waals surface area (Å²) in [6, 6.07) is 16.2. The molecule has 0 aromatic heterocycles. The number of halogens is 12. The number of hydrogen-bond acceptors (Lipinski definition) is 10. The summed E-state index contributed by atoms with van der Waals surface area (Å²) in [4.78, 5) is 55.7. The van der Waals surface area contributed by atoms with E-state index in [1.807, 2.05) is 37.5 Å². The van der Waals surface area contributed by atoms with Gasteiger partial charge in [-0.25, -0.2) is 0 Å². The van der Waals surface area contributed by atoms with Gasteiger partial charge >= 0.3 is 48.6 Å². The van der Waals surface area contributed by atoms with Gasteiger partial charge in [0.1, 0.15) is 0 Å². The fraction of sp³-hybridized carbons (Fsp3) is 0.517. The molecule has 0 bridgehead atoms. The SMILES string of the molecule is COC(=O)C1(C(=O)OC)CCN([C@@H](CCC(C)C)c2ccc(C(F)(F)F)cc2)[C@@H](c2ccc(C(F)(F)F)cc2)C1.COC(=O)C1(C(=O)OC)CCN([C@@H](CCC(C)C)c2ccc(C(F)(F)F)cc2)[C@H](c2ccc(C(F)(F)F)cc2)C1.S.S.S. The van der Waals surface area contributed by atoms with Crippen LogP contribution in [0.25, 0.3) is 0 Å². The maximum Gasteiger partial charge on any atom is 0.416 e. The Morgan fingerprint density at radius 3 is 0.855 bits per heavy atom. The van der Waals surface area contributed by atoms with Gasteiger partial charge in [-0.3, -0.25) is 29.0 Å². The van der Waals surface area contributed by atoms with Gasteiger partial charge in [-0.05, 0) is 134 Å². The predicted molar refractivity (Wildman–Crippen MR) is 301 cm³/mol. The monoisotopic (exact) mass is 1250 g/mol. The molecule has 4 aromatic rings. The molecule has 2 fully saturated rings. The number of methoxy groups -OCH3 is 4. The van der Waals surface area contributed by atoms with Crippen molar-refractivity contribution in [2.45, 2.75) is 128 Å². The highest BCUT2D eigenvalue weighted by Crippen LogP contribution is 2.51. The molecular weight excluding hydrogens is 1180 g/mol. The zero-order valence-electron chi connectivity index (χ0n) is 47.0. The van der Waals surface area contributed by atoms with Crippen molar-refractivity contribution < 1.29 is 90.8 Å². The first-order valence-corrected chi connectivity index (χ1v) is 25.8. The highest BCUT2D eigenvalue weighted by molar-refractivity contribution is 7.59. The van der Waals surface area contributed by atoms with Crippen LogP contribution in [0.3, 0.4) is 0 Å². The lowest BCUT2D eigenvalue weighted by Gasteiger charge is -2.47. The van der Waals surface area contributed by atoms with Crippen molar-refractivity contribution in [3.63, 3.8) is 0 Å². The standard InChI is InChI=1S/2C29H33F6NO4.3H2S/c2*1-18(2)5-14-23(19-6-10-21(11-7-19)28(30,31)32)36-16-15-27(25(37)39-3,26(38)40-4)17-24(36)20-8-12-22(13-9-20)29(33,34)35;;;/h2*6-13,18,23-24H,5,14-17H2,1-4H3;3*1H2/t23-,24+;23-,24-;;;/m00.../s1. The quantitative estimate of drug-likeness (QED) is 0.0465. The number of benzene rings is 4. The minimum absolute atomic E-state index is 0. The summed E-state index contributed by atoms with van der Waals surface area (Å²) < 4.78 is 179.